The van der Waals surface area contributed by atoms with Crippen LogP contribution in [-0.2, 0) is 19.1 Å². The molecule has 4 aromatic rings. The van der Waals surface area contributed by atoms with Gasteiger partial charge in [-0.15, -0.1) is 0 Å². The first kappa shape index (κ1) is 27.4. The molecule has 38 heavy (non-hydrogen) atoms. The molecule has 0 saturated heterocycles. The van der Waals surface area contributed by atoms with E-state index in [2.05, 4.69) is 0 Å². The Kier molecular flexibility index (Phi) is 8.87. The lowest BCUT2D eigenvalue weighted by atomic mass is 10.2. The summed E-state index contributed by atoms with van der Waals surface area (Å²) in [4.78, 5) is 54.7. The average molecular weight is 570 g/mol. The van der Waals surface area contributed by atoms with Crippen LogP contribution < -0.4 is 5.56 Å². The molecule has 0 amide bonds. The molecule has 0 N–H and O–H groups in total. The van der Waals surface area contributed by atoms with Gasteiger partial charge in [0, 0.05) is 5.69 Å². The fourth-order valence-corrected chi connectivity index (χ4v) is 5.76. The van der Waals surface area contributed by atoms with Crippen LogP contribution in [0.3, 0.4) is 0 Å². The summed E-state index contributed by atoms with van der Waals surface area (Å²) in [6, 6.07) is 15.6. The van der Waals surface area contributed by atoms with Gasteiger partial charge in [0.2, 0.25) is 0 Å². The predicted molar refractivity (Wildman–Crippen MR) is 148 cm³/mol. The molecule has 0 aliphatic heterocycles. The van der Waals surface area contributed by atoms with Gasteiger partial charge in [-0.05, 0) is 62.5 Å². The molecular formula is C26H23N3O6S3. The number of nitrogens with zero attached hydrogens (tertiary/aromatic N) is 3. The molecule has 0 unspecified atom stereocenters. The molecule has 9 nitrogen and oxygen atoms in total. The zero-order chi connectivity index (χ0) is 27.2. The summed E-state index contributed by atoms with van der Waals surface area (Å²) >= 11 is 7.77. The summed E-state index contributed by atoms with van der Waals surface area (Å²) in [5.41, 5.74) is 1.59. The maximum atomic E-state index is 13.7. The highest BCUT2D eigenvalue weighted by atomic mass is 32.2. The van der Waals surface area contributed by atoms with Gasteiger partial charge in [-0.25, -0.2) is 9.78 Å². The monoisotopic (exact) mass is 569 g/mol. The van der Waals surface area contributed by atoms with Crippen LogP contribution in [-0.4, -0.2) is 50.8 Å². The SMILES string of the molecule is CCOC(=O)CC(=O)CSc1nc2c(sc(=S)n2-c2ccc(C(=O)OCC)cc2)c(=O)n1-c1ccccc1. The minimum absolute atomic E-state index is 0.0807. The molecule has 0 atom stereocenters. The maximum Gasteiger partial charge on any atom is 0.338 e. The molecule has 12 heteroatoms. The van der Waals surface area contributed by atoms with E-state index in [-0.39, 0.29) is 41.9 Å². The van der Waals surface area contributed by atoms with Crippen molar-refractivity contribution in [2.75, 3.05) is 19.0 Å². The van der Waals surface area contributed by atoms with Gasteiger partial charge in [0.1, 0.15) is 11.1 Å². The lowest BCUT2D eigenvalue weighted by Crippen LogP contribution is -2.22. The number of aromatic nitrogens is 3. The van der Waals surface area contributed by atoms with Gasteiger partial charge < -0.3 is 9.47 Å². The van der Waals surface area contributed by atoms with E-state index in [1.54, 1.807) is 66.9 Å². The number of thioether (sulfide) groups is 1. The number of fused-ring (bicyclic) bond motifs is 1. The lowest BCUT2D eigenvalue weighted by molar-refractivity contribution is -0.145. The van der Waals surface area contributed by atoms with E-state index in [1.165, 1.54) is 4.57 Å². The largest absolute Gasteiger partial charge is 0.466 e. The lowest BCUT2D eigenvalue weighted by Gasteiger charge is -2.13. The van der Waals surface area contributed by atoms with Crippen LogP contribution in [0.4, 0.5) is 0 Å². The van der Waals surface area contributed by atoms with Crippen molar-refractivity contribution in [3.05, 3.63) is 74.5 Å². The van der Waals surface area contributed by atoms with E-state index in [0.29, 0.717) is 31.2 Å². The van der Waals surface area contributed by atoms with Gasteiger partial charge >= 0.3 is 11.9 Å². The number of benzene rings is 2. The molecule has 0 spiro atoms. The van der Waals surface area contributed by atoms with E-state index >= 15 is 0 Å². The Morgan fingerprint density at radius 1 is 0.947 bits per heavy atom. The van der Waals surface area contributed by atoms with Gasteiger partial charge in [-0.1, -0.05) is 41.3 Å². The Bertz CT molecular complexity index is 1610. The summed E-state index contributed by atoms with van der Waals surface area (Å²) in [6.07, 6.45) is -0.361. The number of carbonyl (C=O) groups excluding carboxylic acids is 3. The molecule has 196 valence electrons. The highest BCUT2D eigenvalue weighted by Gasteiger charge is 2.21. The van der Waals surface area contributed by atoms with E-state index in [0.717, 1.165) is 23.1 Å². The van der Waals surface area contributed by atoms with E-state index in [9.17, 15) is 19.2 Å². The third-order valence-electron chi connectivity index (χ3n) is 5.24. The molecular weight excluding hydrogens is 547 g/mol. The summed E-state index contributed by atoms with van der Waals surface area (Å²) < 4.78 is 13.7. The van der Waals surface area contributed by atoms with E-state index < -0.39 is 11.9 Å². The Morgan fingerprint density at radius 2 is 1.61 bits per heavy atom. The highest BCUT2D eigenvalue weighted by molar-refractivity contribution is 7.99. The van der Waals surface area contributed by atoms with Crippen LogP contribution >= 0.6 is 35.3 Å². The Balaban J connectivity index is 1.79. The van der Waals surface area contributed by atoms with Crippen LogP contribution in [0.5, 0.6) is 0 Å². The van der Waals surface area contributed by atoms with Crippen LogP contribution in [0.2, 0.25) is 0 Å². The number of ketones is 1. The number of Topliss-reactive ketones (excluding diaryl/α,β-unsaturated/α-hetero) is 1. The number of rotatable bonds is 10. The minimum Gasteiger partial charge on any atom is -0.466 e. The number of carbonyl (C=O) groups is 3. The third kappa shape index (κ3) is 5.93. The second-order valence-corrected chi connectivity index (χ2v) is 10.4. The summed E-state index contributed by atoms with van der Waals surface area (Å²) in [6.45, 7) is 3.86. The second kappa shape index (κ2) is 12.3. The van der Waals surface area contributed by atoms with E-state index in [4.69, 9.17) is 26.7 Å². The number of thiazole rings is 1. The third-order valence-corrected chi connectivity index (χ3v) is 7.59. The van der Waals surface area contributed by atoms with Crippen LogP contribution in [0.15, 0.2) is 64.5 Å². The molecule has 0 saturated carbocycles. The van der Waals surface area contributed by atoms with Crippen molar-refractivity contribution < 1.29 is 23.9 Å². The number of hydrogen-bond donors (Lipinski definition) is 0. The molecule has 0 aliphatic carbocycles. The molecule has 2 heterocycles. The van der Waals surface area contributed by atoms with Gasteiger partial charge in [0.05, 0.1) is 30.2 Å². The van der Waals surface area contributed by atoms with Crippen molar-refractivity contribution in [3.63, 3.8) is 0 Å². The fourth-order valence-electron chi connectivity index (χ4n) is 3.60. The summed E-state index contributed by atoms with van der Waals surface area (Å²) in [5, 5.41) is 0.274. The molecule has 2 aromatic heterocycles. The van der Waals surface area contributed by atoms with Crippen LogP contribution in [0.1, 0.15) is 30.6 Å². The standard InChI is InChI=1S/C26H23N3O6S3/c1-3-34-20(31)14-19(30)15-37-25-27-22-21(23(32)29(25)17-8-6-5-7-9-17)38-26(36)28(22)18-12-10-16(11-13-18)24(33)35-4-2/h5-13H,3-4,14-15H2,1-2H3. The maximum absolute atomic E-state index is 13.7. The number of ether oxygens (including phenoxy) is 2. The second-order valence-electron chi connectivity index (χ2n) is 7.80. The first-order chi connectivity index (χ1) is 18.3. The van der Waals surface area contributed by atoms with Crippen molar-refractivity contribution in [1.29, 1.82) is 0 Å². The van der Waals surface area contributed by atoms with Crippen LogP contribution in [0, 0.1) is 3.95 Å². The molecule has 4 rings (SSSR count). The predicted octanol–water partition coefficient (Wildman–Crippen LogP) is 4.76. The van der Waals surface area contributed by atoms with Crippen molar-refractivity contribution in [2.45, 2.75) is 25.4 Å². The smallest absolute Gasteiger partial charge is 0.338 e. The molecule has 0 fully saturated rings. The molecule has 2 aromatic carbocycles. The highest BCUT2D eigenvalue weighted by Crippen LogP contribution is 2.28. The van der Waals surface area contributed by atoms with Crippen molar-refractivity contribution in [3.8, 4) is 11.4 Å². The molecule has 0 aliphatic rings. The van der Waals surface area contributed by atoms with Gasteiger partial charge in [-0.2, -0.15) is 0 Å². The van der Waals surface area contributed by atoms with Crippen molar-refractivity contribution in [2.24, 2.45) is 0 Å². The first-order valence-corrected chi connectivity index (χ1v) is 13.9. The van der Waals surface area contributed by atoms with Gasteiger partial charge in [-0.3, -0.25) is 23.5 Å². The molecule has 0 bridgehead atoms. The zero-order valence-corrected chi connectivity index (χ0v) is 23.0. The molecule has 0 radical (unpaired) electrons. The Hall–Kier alpha value is -3.61. The minimum atomic E-state index is -0.598. The van der Waals surface area contributed by atoms with Gasteiger partial charge in [0.15, 0.2) is 20.5 Å². The topological polar surface area (TPSA) is 109 Å². The van der Waals surface area contributed by atoms with Crippen LogP contribution in [0.25, 0.3) is 21.7 Å². The number of esters is 2. The normalized spacial score (nSPS) is 10.9. The quantitative estimate of drug-likeness (QED) is 0.0878. The van der Waals surface area contributed by atoms with E-state index in [1.807, 2.05) is 6.07 Å². The zero-order valence-electron chi connectivity index (χ0n) is 20.5. The fraction of sp³-hybridized carbons (Fsp3) is 0.231. The summed E-state index contributed by atoms with van der Waals surface area (Å²) in [7, 11) is 0. The number of para-hydroxylation sites is 1. The Labute approximate surface area is 231 Å². The Morgan fingerprint density at radius 3 is 2.26 bits per heavy atom. The number of hydrogen-bond acceptors (Lipinski definition) is 10. The first-order valence-electron chi connectivity index (χ1n) is 11.7. The van der Waals surface area contributed by atoms with Crippen molar-refractivity contribution >= 4 is 63.4 Å². The van der Waals surface area contributed by atoms with Gasteiger partial charge in [0.25, 0.3) is 5.56 Å². The summed E-state index contributed by atoms with van der Waals surface area (Å²) in [5.74, 6) is -1.46. The van der Waals surface area contributed by atoms with Crippen molar-refractivity contribution in [1.82, 2.24) is 14.1 Å². The average Bonchev–Trinajstić information content (AvgIpc) is 3.24.